The van der Waals surface area contributed by atoms with Gasteiger partial charge in [-0.25, -0.2) is 0 Å². The van der Waals surface area contributed by atoms with E-state index in [2.05, 4.69) is 26.1 Å². The van der Waals surface area contributed by atoms with Gasteiger partial charge in [0, 0.05) is 12.6 Å². The standard InChI is InChI=1S/C11H25NO/c1-5-9(3)7-11(6-2)12-8-10(4)13/h9-13H,5-8H2,1-4H3/t9-,10+,11+/m0/s1. The van der Waals surface area contributed by atoms with Crippen LogP contribution in [0.25, 0.3) is 0 Å². The zero-order valence-corrected chi connectivity index (χ0v) is 9.51. The molecule has 0 aromatic rings. The topological polar surface area (TPSA) is 32.3 Å². The monoisotopic (exact) mass is 187 g/mol. The van der Waals surface area contributed by atoms with Crippen molar-refractivity contribution < 1.29 is 5.11 Å². The number of aliphatic hydroxyl groups excluding tert-OH is 1. The second kappa shape index (κ2) is 7.34. The minimum Gasteiger partial charge on any atom is -0.392 e. The Morgan fingerprint density at radius 2 is 1.77 bits per heavy atom. The highest BCUT2D eigenvalue weighted by molar-refractivity contribution is 4.69. The summed E-state index contributed by atoms with van der Waals surface area (Å²) in [5, 5.41) is 12.5. The maximum absolute atomic E-state index is 9.13. The average Bonchev–Trinajstić information content (AvgIpc) is 2.11. The summed E-state index contributed by atoms with van der Waals surface area (Å²) in [6.07, 6.45) is 3.38. The van der Waals surface area contributed by atoms with Crippen LogP contribution in [-0.4, -0.2) is 23.8 Å². The van der Waals surface area contributed by atoms with Gasteiger partial charge < -0.3 is 10.4 Å². The van der Waals surface area contributed by atoms with Gasteiger partial charge in [-0.15, -0.1) is 0 Å². The predicted molar refractivity (Wildman–Crippen MR) is 57.8 cm³/mol. The Bertz CT molecular complexity index is 115. The Morgan fingerprint density at radius 1 is 1.15 bits per heavy atom. The van der Waals surface area contributed by atoms with E-state index in [1.54, 1.807) is 0 Å². The summed E-state index contributed by atoms with van der Waals surface area (Å²) < 4.78 is 0. The van der Waals surface area contributed by atoms with Gasteiger partial charge >= 0.3 is 0 Å². The molecule has 0 rings (SSSR count). The molecule has 0 aromatic heterocycles. The van der Waals surface area contributed by atoms with E-state index in [-0.39, 0.29) is 6.10 Å². The lowest BCUT2D eigenvalue weighted by Crippen LogP contribution is -2.35. The van der Waals surface area contributed by atoms with Gasteiger partial charge in [0.15, 0.2) is 0 Å². The minimum atomic E-state index is -0.231. The van der Waals surface area contributed by atoms with Crippen LogP contribution in [0, 0.1) is 5.92 Å². The van der Waals surface area contributed by atoms with Gasteiger partial charge in [-0.3, -0.25) is 0 Å². The van der Waals surface area contributed by atoms with Crippen molar-refractivity contribution in [3.8, 4) is 0 Å². The van der Waals surface area contributed by atoms with Crippen LogP contribution in [0.4, 0.5) is 0 Å². The van der Waals surface area contributed by atoms with Crippen molar-refractivity contribution in [1.82, 2.24) is 5.32 Å². The first-order valence-electron chi connectivity index (χ1n) is 5.51. The van der Waals surface area contributed by atoms with E-state index in [0.29, 0.717) is 6.04 Å². The summed E-state index contributed by atoms with van der Waals surface area (Å²) in [4.78, 5) is 0. The fraction of sp³-hybridized carbons (Fsp3) is 1.00. The number of aliphatic hydroxyl groups is 1. The van der Waals surface area contributed by atoms with Crippen molar-refractivity contribution in [2.45, 2.75) is 59.1 Å². The van der Waals surface area contributed by atoms with Crippen LogP contribution >= 0.6 is 0 Å². The van der Waals surface area contributed by atoms with Gasteiger partial charge in [0.25, 0.3) is 0 Å². The van der Waals surface area contributed by atoms with Crippen molar-refractivity contribution in [3.05, 3.63) is 0 Å². The highest BCUT2D eigenvalue weighted by Gasteiger charge is 2.10. The molecule has 0 aliphatic rings. The molecule has 0 spiro atoms. The fourth-order valence-electron chi connectivity index (χ4n) is 1.38. The Morgan fingerprint density at radius 3 is 2.15 bits per heavy atom. The molecule has 2 nitrogen and oxygen atoms in total. The molecule has 3 atom stereocenters. The molecule has 80 valence electrons. The lowest BCUT2D eigenvalue weighted by Gasteiger charge is -2.21. The van der Waals surface area contributed by atoms with Crippen LogP contribution in [0.2, 0.25) is 0 Å². The van der Waals surface area contributed by atoms with E-state index >= 15 is 0 Å². The van der Waals surface area contributed by atoms with Gasteiger partial charge in [-0.05, 0) is 25.7 Å². The lowest BCUT2D eigenvalue weighted by molar-refractivity contribution is 0.182. The maximum atomic E-state index is 9.13. The summed E-state index contributed by atoms with van der Waals surface area (Å²) in [7, 11) is 0. The largest absolute Gasteiger partial charge is 0.392 e. The van der Waals surface area contributed by atoms with E-state index in [1.807, 2.05) is 6.92 Å². The van der Waals surface area contributed by atoms with Gasteiger partial charge in [-0.2, -0.15) is 0 Å². The van der Waals surface area contributed by atoms with E-state index in [4.69, 9.17) is 5.11 Å². The van der Waals surface area contributed by atoms with E-state index < -0.39 is 0 Å². The molecule has 0 bridgehead atoms. The molecule has 0 unspecified atom stereocenters. The third-order valence-electron chi connectivity index (χ3n) is 2.58. The smallest absolute Gasteiger partial charge is 0.0636 e. The van der Waals surface area contributed by atoms with Crippen LogP contribution in [0.1, 0.15) is 47.0 Å². The predicted octanol–water partition coefficient (Wildman–Crippen LogP) is 2.17. The Hall–Kier alpha value is -0.0800. The van der Waals surface area contributed by atoms with Gasteiger partial charge in [-0.1, -0.05) is 27.2 Å². The van der Waals surface area contributed by atoms with E-state index in [9.17, 15) is 0 Å². The molecule has 0 fully saturated rings. The van der Waals surface area contributed by atoms with E-state index in [0.717, 1.165) is 18.9 Å². The molecule has 2 N–H and O–H groups in total. The molecule has 2 heteroatoms. The second-order valence-electron chi connectivity index (χ2n) is 4.11. The quantitative estimate of drug-likeness (QED) is 0.640. The van der Waals surface area contributed by atoms with Crippen molar-refractivity contribution in [2.75, 3.05) is 6.54 Å². The lowest BCUT2D eigenvalue weighted by atomic mass is 9.98. The second-order valence-corrected chi connectivity index (χ2v) is 4.11. The molecule has 13 heavy (non-hydrogen) atoms. The summed E-state index contributed by atoms with van der Waals surface area (Å²) in [6, 6.07) is 0.574. The molecular weight excluding hydrogens is 162 g/mol. The number of hydrogen-bond donors (Lipinski definition) is 2. The Kier molecular flexibility index (Phi) is 7.29. The molecule has 0 saturated carbocycles. The summed E-state index contributed by atoms with van der Waals surface area (Å²) in [5.74, 6) is 0.784. The zero-order valence-electron chi connectivity index (χ0n) is 9.51. The Balaban J connectivity index is 3.62. The molecule has 0 amide bonds. The highest BCUT2D eigenvalue weighted by atomic mass is 16.3. The third-order valence-corrected chi connectivity index (χ3v) is 2.58. The molecule has 0 radical (unpaired) electrons. The first-order chi connectivity index (χ1) is 6.10. The van der Waals surface area contributed by atoms with Crippen LogP contribution in [-0.2, 0) is 0 Å². The highest BCUT2D eigenvalue weighted by Crippen LogP contribution is 2.11. The zero-order chi connectivity index (χ0) is 10.3. The summed E-state index contributed by atoms with van der Waals surface area (Å²) in [6.45, 7) is 9.25. The first-order valence-corrected chi connectivity index (χ1v) is 5.51. The SMILES string of the molecule is CC[C@H](C)C[C@@H](CC)NC[C@@H](C)O. The van der Waals surface area contributed by atoms with E-state index in [1.165, 1.54) is 12.8 Å². The normalized spacial score (nSPS) is 18.2. The maximum Gasteiger partial charge on any atom is 0.0636 e. The van der Waals surface area contributed by atoms with Gasteiger partial charge in [0.05, 0.1) is 6.10 Å². The first kappa shape index (κ1) is 12.9. The average molecular weight is 187 g/mol. The molecule has 0 aromatic carbocycles. The third kappa shape index (κ3) is 7.03. The van der Waals surface area contributed by atoms with Crippen LogP contribution in [0.15, 0.2) is 0 Å². The van der Waals surface area contributed by atoms with Crippen molar-refractivity contribution >= 4 is 0 Å². The molecular formula is C11H25NO. The van der Waals surface area contributed by atoms with Gasteiger partial charge in [0.1, 0.15) is 0 Å². The van der Waals surface area contributed by atoms with Crippen molar-refractivity contribution in [1.29, 1.82) is 0 Å². The fourth-order valence-corrected chi connectivity index (χ4v) is 1.38. The van der Waals surface area contributed by atoms with Crippen molar-refractivity contribution in [2.24, 2.45) is 5.92 Å². The summed E-state index contributed by atoms with van der Waals surface area (Å²) >= 11 is 0. The Labute approximate surface area is 82.7 Å². The molecule has 0 aliphatic carbocycles. The van der Waals surface area contributed by atoms with Crippen LogP contribution in [0.5, 0.6) is 0 Å². The van der Waals surface area contributed by atoms with Gasteiger partial charge in [0.2, 0.25) is 0 Å². The number of hydrogen-bond acceptors (Lipinski definition) is 2. The van der Waals surface area contributed by atoms with Crippen LogP contribution in [0.3, 0.4) is 0 Å². The number of rotatable bonds is 7. The molecule has 0 aliphatic heterocycles. The van der Waals surface area contributed by atoms with Crippen LogP contribution < -0.4 is 5.32 Å². The minimum absolute atomic E-state index is 0.231. The molecule has 0 heterocycles. The number of nitrogens with one attached hydrogen (secondary N) is 1. The molecule has 0 saturated heterocycles. The summed E-state index contributed by atoms with van der Waals surface area (Å²) in [5.41, 5.74) is 0. The van der Waals surface area contributed by atoms with Crippen molar-refractivity contribution in [3.63, 3.8) is 0 Å².